The third-order valence-electron chi connectivity index (χ3n) is 3.52. The number of hydrogen-bond acceptors (Lipinski definition) is 4. The lowest BCUT2D eigenvalue weighted by Crippen LogP contribution is -2.65. The average Bonchev–Trinajstić information content (AvgIpc) is 2.67. The summed E-state index contributed by atoms with van der Waals surface area (Å²) >= 11 is 0. The van der Waals surface area contributed by atoms with Crippen LogP contribution in [0.3, 0.4) is 0 Å². The Bertz CT molecular complexity index is 415. The van der Waals surface area contributed by atoms with Crippen LogP contribution >= 0.6 is 0 Å². The Kier molecular flexibility index (Phi) is 2.21. The third kappa shape index (κ3) is 1.43. The Hall–Kier alpha value is -1.36. The van der Waals surface area contributed by atoms with E-state index in [0.29, 0.717) is 17.7 Å². The predicted molar refractivity (Wildman–Crippen MR) is 57.0 cm³/mol. The summed E-state index contributed by atoms with van der Waals surface area (Å²) in [6, 6.07) is 2.05. The predicted octanol–water partition coefficient (Wildman–Crippen LogP) is 0.417. The number of nitrogens with zero attached hydrogens (tertiary/aromatic N) is 2. The molecule has 3 heterocycles. The first kappa shape index (κ1) is 9.84. The van der Waals surface area contributed by atoms with E-state index in [1.54, 1.807) is 6.07 Å². The van der Waals surface area contributed by atoms with Crippen molar-refractivity contribution in [1.82, 2.24) is 15.4 Å². The number of carbonyl (C=O) groups is 1. The van der Waals surface area contributed by atoms with Gasteiger partial charge in [-0.2, -0.15) is 0 Å². The topological polar surface area (TPSA) is 58.4 Å². The van der Waals surface area contributed by atoms with Crippen molar-refractivity contribution in [2.75, 3.05) is 19.6 Å². The summed E-state index contributed by atoms with van der Waals surface area (Å²) in [6.45, 7) is 4.67. The highest BCUT2D eigenvalue weighted by Gasteiger charge is 2.43. The molecule has 0 spiro atoms. The number of piperidine rings is 1. The molecule has 2 atom stereocenters. The van der Waals surface area contributed by atoms with Gasteiger partial charge in [-0.15, -0.1) is 0 Å². The van der Waals surface area contributed by atoms with Crippen LogP contribution in [0.5, 0.6) is 0 Å². The minimum atomic E-state index is -0.0226. The van der Waals surface area contributed by atoms with Crippen LogP contribution in [-0.2, 0) is 0 Å². The Morgan fingerprint density at radius 2 is 2.56 bits per heavy atom. The smallest absolute Gasteiger partial charge is 0.292 e. The summed E-state index contributed by atoms with van der Waals surface area (Å²) in [7, 11) is 0. The molecule has 3 rings (SSSR count). The molecule has 2 aliphatic rings. The van der Waals surface area contributed by atoms with Crippen LogP contribution in [-0.4, -0.2) is 41.6 Å². The second kappa shape index (κ2) is 3.59. The number of fused-ring (bicyclic) bond motifs is 1. The molecule has 16 heavy (non-hydrogen) atoms. The highest BCUT2D eigenvalue weighted by Crippen LogP contribution is 2.30. The molecular formula is C11H15N3O2. The van der Waals surface area contributed by atoms with E-state index in [1.807, 2.05) is 11.8 Å². The monoisotopic (exact) mass is 221 g/mol. The van der Waals surface area contributed by atoms with E-state index < -0.39 is 0 Å². The number of carbonyl (C=O) groups excluding carboxylic acids is 1. The van der Waals surface area contributed by atoms with Crippen molar-refractivity contribution in [3.05, 3.63) is 17.5 Å². The SMILES string of the molecule is Cc1cc(C(=O)N2CC3CCNCC32)on1. The van der Waals surface area contributed by atoms with Crippen molar-refractivity contribution in [3.63, 3.8) is 0 Å². The maximum atomic E-state index is 12.1. The van der Waals surface area contributed by atoms with E-state index in [1.165, 1.54) is 6.42 Å². The van der Waals surface area contributed by atoms with Gasteiger partial charge in [0, 0.05) is 25.2 Å². The maximum Gasteiger partial charge on any atom is 0.292 e. The van der Waals surface area contributed by atoms with E-state index in [2.05, 4.69) is 10.5 Å². The molecule has 2 saturated heterocycles. The Morgan fingerprint density at radius 1 is 1.69 bits per heavy atom. The summed E-state index contributed by atoms with van der Waals surface area (Å²) in [5.74, 6) is 1.02. The average molecular weight is 221 g/mol. The molecule has 0 saturated carbocycles. The first-order valence-corrected chi connectivity index (χ1v) is 5.70. The van der Waals surface area contributed by atoms with E-state index in [-0.39, 0.29) is 5.91 Å². The minimum Gasteiger partial charge on any atom is -0.351 e. The molecule has 0 bridgehead atoms. The number of aryl methyl sites for hydroxylation is 1. The van der Waals surface area contributed by atoms with Gasteiger partial charge in [0.25, 0.3) is 5.91 Å². The van der Waals surface area contributed by atoms with E-state index in [0.717, 1.165) is 25.3 Å². The highest BCUT2D eigenvalue weighted by molar-refractivity contribution is 5.92. The molecule has 0 aliphatic carbocycles. The molecule has 5 nitrogen and oxygen atoms in total. The Morgan fingerprint density at radius 3 is 3.25 bits per heavy atom. The molecule has 1 N–H and O–H groups in total. The summed E-state index contributed by atoms with van der Waals surface area (Å²) in [5.41, 5.74) is 0.752. The first-order chi connectivity index (χ1) is 7.75. The van der Waals surface area contributed by atoms with Gasteiger partial charge in [-0.3, -0.25) is 4.79 Å². The fourth-order valence-electron chi connectivity index (χ4n) is 2.56. The molecule has 2 fully saturated rings. The number of aromatic nitrogens is 1. The molecule has 2 aliphatic heterocycles. The molecule has 0 radical (unpaired) electrons. The van der Waals surface area contributed by atoms with Crippen molar-refractivity contribution < 1.29 is 9.32 Å². The zero-order chi connectivity index (χ0) is 11.1. The van der Waals surface area contributed by atoms with Crippen LogP contribution in [0, 0.1) is 12.8 Å². The van der Waals surface area contributed by atoms with Gasteiger partial charge in [0.2, 0.25) is 5.76 Å². The van der Waals surface area contributed by atoms with Gasteiger partial charge in [-0.05, 0) is 25.8 Å². The second-order valence-electron chi connectivity index (χ2n) is 4.61. The quantitative estimate of drug-likeness (QED) is 0.746. The summed E-state index contributed by atoms with van der Waals surface area (Å²) < 4.78 is 5.00. The standard InChI is InChI=1S/C11H15N3O2/c1-7-4-10(16-13-7)11(15)14-6-8-2-3-12-5-9(8)14/h4,8-9,12H,2-3,5-6H2,1H3. The van der Waals surface area contributed by atoms with Crippen LogP contribution in [0.2, 0.25) is 0 Å². The number of nitrogens with one attached hydrogen (secondary N) is 1. The van der Waals surface area contributed by atoms with E-state index in [9.17, 15) is 4.79 Å². The van der Waals surface area contributed by atoms with Gasteiger partial charge in [-0.25, -0.2) is 0 Å². The second-order valence-corrected chi connectivity index (χ2v) is 4.61. The number of rotatable bonds is 1. The number of amides is 1. The van der Waals surface area contributed by atoms with Gasteiger partial charge < -0.3 is 14.7 Å². The molecule has 2 unspecified atom stereocenters. The summed E-state index contributed by atoms with van der Waals surface area (Å²) in [4.78, 5) is 13.9. The van der Waals surface area contributed by atoms with Crippen LogP contribution in [0.1, 0.15) is 22.7 Å². The van der Waals surface area contributed by atoms with Crippen molar-refractivity contribution in [2.24, 2.45) is 5.92 Å². The van der Waals surface area contributed by atoms with Crippen molar-refractivity contribution >= 4 is 5.91 Å². The third-order valence-corrected chi connectivity index (χ3v) is 3.52. The molecular weight excluding hydrogens is 206 g/mol. The van der Waals surface area contributed by atoms with Gasteiger partial charge in [-0.1, -0.05) is 5.16 Å². The van der Waals surface area contributed by atoms with Crippen molar-refractivity contribution in [2.45, 2.75) is 19.4 Å². The van der Waals surface area contributed by atoms with Gasteiger partial charge in [0.05, 0.1) is 5.69 Å². The Labute approximate surface area is 93.8 Å². The maximum absolute atomic E-state index is 12.1. The highest BCUT2D eigenvalue weighted by atomic mass is 16.5. The van der Waals surface area contributed by atoms with Crippen molar-refractivity contribution in [3.8, 4) is 0 Å². The van der Waals surface area contributed by atoms with Gasteiger partial charge in [0.1, 0.15) is 0 Å². The molecule has 1 aromatic rings. The number of likely N-dealkylation sites (tertiary alicyclic amines) is 1. The van der Waals surface area contributed by atoms with Gasteiger partial charge >= 0.3 is 0 Å². The molecule has 1 aromatic heterocycles. The van der Waals surface area contributed by atoms with E-state index in [4.69, 9.17) is 4.52 Å². The first-order valence-electron chi connectivity index (χ1n) is 5.70. The summed E-state index contributed by atoms with van der Waals surface area (Å²) in [5, 5.41) is 7.06. The zero-order valence-electron chi connectivity index (χ0n) is 9.27. The Balaban J connectivity index is 1.72. The molecule has 5 heteroatoms. The number of hydrogen-bond donors (Lipinski definition) is 1. The van der Waals surface area contributed by atoms with Gasteiger partial charge in [0.15, 0.2) is 0 Å². The van der Waals surface area contributed by atoms with Crippen LogP contribution in [0.15, 0.2) is 10.6 Å². The molecule has 86 valence electrons. The largest absolute Gasteiger partial charge is 0.351 e. The minimum absolute atomic E-state index is 0.0226. The van der Waals surface area contributed by atoms with Crippen LogP contribution in [0.4, 0.5) is 0 Å². The molecule has 0 aromatic carbocycles. The van der Waals surface area contributed by atoms with E-state index >= 15 is 0 Å². The lowest BCUT2D eigenvalue weighted by Gasteiger charge is -2.50. The van der Waals surface area contributed by atoms with Crippen molar-refractivity contribution in [1.29, 1.82) is 0 Å². The lowest BCUT2D eigenvalue weighted by molar-refractivity contribution is -0.000163. The normalized spacial score (nSPS) is 28.4. The zero-order valence-corrected chi connectivity index (χ0v) is 9.27. The van der Waals surface area contributed by atoms with Crippen LogP contribution in [0.25, 0.3) is 0 Å². The fraction of sp³-hybridized carbons (Fsp3) is 0.636. The van der Waals surface area contributed by atoms with Crippen LogP contribution < -0.4 is 5.32 Å². The summed E-state index contributed by atoms with van der Waals surface area (Å²) in [6.07, 6.45) is 1.17. The fourth-order valence-corrected chi connectivity index (χ4v) is 2.56. The lowest BCUT2D eigenvalue weighted by atomic mass is 9.83. The molecule has 1 amide bonds.